The predicted octanol–water partition coefficient (Wildman–Crippen LogP) is 6.75. The van der Waals surface area contributed by atoms with Crippen molar-refractivity contribution >= 4 is 12.6 Å². The van der Waals surface area contributed by atoms with Crippen LogP contribution in [0, 0.1) is 16.7 Å². The molecular weight excluding hydrogens is 369 g/mol. The summed E-state index contributed by atoms with van der Waals surface area (Å²) >= 11 is 0. The molecule has 1 atom stereocenters. The van der Waals surface area contributed by atoms with Crippen LogP contribution in [0.1, 0.15) is 113 Å². The smallest absolute Gasteiger partial charge is 0.399 e. The summed E-state index contributed by atoms with van der Waals surface area (Å²) in [7, 11) is -0.345. The minimum Gasteiger partial charge on any atom is -0.399 e. The predicted molar refractivity (Wildman–Crippen MR) is 129 cm³/mol. The van der Waals surface area contributed by atoms with Crippen LogP contribution in [0.3, 0.4) is 0 Å². The molecule has 1 aliphatic rings. The van der Waals surface area contributed by atoms with Crippen LogP contribution in [-0.4, -0.2) is 23.3 Å². The molecule has 1 saturated heterocycles. The van der Waals surface area contributed by atoms with Gasteiger partial charge in [-0.05, 0) is 63.4 Å². The first-order valence-corrected chi connectivity index (χ1v) is 12.0. The van der Waals surface area contributed by atoms with E-state index in [1.807, 2.05) is 6.20 Å². The van der Waals surface area contributed by atoms with Gasteiger partial charge in [-0.15, -0.1) is 0 Å². The zero-order chi connectivity index (χ0) is 23.0. The molecular formula is C26H46BNO2. The molecule has 0 aromatic carbocycles. The Morgan fingerprint density at radius 1 is 1.00 bits per heavy atom. The van der Waals surface area contributed by atoms with Gasteiger partial charge in [-0.2, -0.15) is 0 Å². The van der Waals surface area contributed by atoms with Crippen LogP contribution >= 0.6 is 0 Å². The van der Waals surface area contributed by atoms with Crippen LogP contribution in [0.15, 0.2) is 18.3 Å². The zero-order valence-corrected chi connectivity index (χ0v) is 21.6. The minimum absolute atomic E-state index is 0.228. The van der Waals surface area contributed by atoms with Crippen LogP contribution in [0.5, 0.6) is 0 Å². The second kappa shape index (κ2) is 8.94. The maximum atomic E-state index is 6.20. The standard InChI is InChI=1S/C26H46BNO2/c1-12-13-14-20(17-23(4,5)24(6,7)19(2)3)22-16-15-21(18-28-22)27-29-25(8,9)26(10,11)30-27/h15-16,18-20H,12-14,17H2,1-11H3. The van der Waals surface area contributed by atoms with E-state index in [1.54, 1.807) is 0 Å². The van der Waals surface area contributed by atoms with Gasteiger partial charge in [0, 0.05) is 23.3 Å². The highest BCUT2D eigenvalue weighted by Gasteiger charge is 2.51. The van der Waals surface area contributed by atoms with E-state index >= 15 is 0 Å². The van der Waals surface area contributed by atoms with Crippen LogP contribution in [0.25, 0.3) is 0 Å². The highest BCUT2D eigenvalue weighted by atomic mass is 16.7. The second-order valence-electron chi connectivity index (χ2n) is 11.9. The van der Waals surface area contributed by atoms with Gasteiger partial charge >= 0.3 is 7.12 Å². The van der Waals surface area contributed by atoms with Crippen molar-refractivity contribution in [3.05, 3.63) is 24.0 Å². The molecule has 4 heteroatoms. The van der Waals surface area contributed by atoms with Gasteiger partial charge in [0.05, 0.1) is 11.2 Å². The fourth-order valence-corrected chi connectivity index (χ4v) is 4.24. The summed E-state index contributed by atoms with van der Waals surface area (Å²) in [4.78, 5) is 4.92. The monoisotopic (exact) mass is 415 g/mol. The van der Waals surface area contributed by atoms with Gasteiger partial charge in [-0.25, -0.2) is 0 Å². The first kappa shape index (κ1) is 25.4. The third-order valence-electron chi connectivity index (χ3n) is 8.60. The Hall–Kier alpha value is -0.865. The Morgan fingerprint density at radius 2 is 1.57 bits per heavy atom. The fraction of sp³-hybridized carbons (Fsp3) is 0.808. The van der Waals surface area contributed by atoms with E-state index in [-0.39, 0.29) is 29.2 Å². The summed E-state index contributed by atoms with van der Waals surface area (Å²) in [6, 6.07) is 4.36. The number of unbranched alkanes of at least 4 members (excludes halogenated alkanes) is 1. The Kier molecular flexibility index (Phi) is 7.57. The Balaban J connectivity index is 2.23. The Labute approximate surface area is 186 Å². The van der Waals surface area contributed by atoms with Crippen molar-refractivity contribution in [3.63, 3.8) is 0 Å². The summed E-state index contributed by atoms with van der Waals surface area (Å²) in [5.41, 5.74) is 2.05. The summed E-state index contributed by atoms with van der Waals surface area (Å²) in [5.74, 6) is 1.11. The molecule has 0 radical (unpaired) electrons. The van der Waals surface area contributed by atoms with Gasteiger partial charge in [0.25, 0.3) is 0 Å². The van der Waals surface area contributed by atoms with E-state index in [4.69, 9.17) is 14.3 Å². The zero-order valence-electron chi connectivity index (χ0n) is 21.6. The lowest BCUT2D eigenvalue weighted by atomic mass is 9.58. The molecule has 2 rings (SSSR count). The fourth-order valence-electron chi connectivity index (χ4n) is 4.24. The quantitative estimate of drug-likeness (QED) is 0.418. The third-order valence-corrected chi connectivity index (χ3v) is 8.60. The van der Waals surface area contributed by atoms with Gasteiger partial charge in [0.15, 0.2) is 0 Å². The van der Waals surface area contributed by atoms with Gasteiger partial charge in [-0.1, -0.05) is 67.4 Å². The molecule has 3 nitrogen and oxygen atoms in total. The van der Waals surface area contributed by atoms with Crippen molar-refractivity contribution < 1.29 is 9.31 Å². The lowest BCUT2D eigenvalue weighted by Crippen LogP contribution is -2.41. The van der Waals surface area contributed by atoms with E-state index in [1.165, 1.54) is 25.0 Å². The molecule has 0 bridgehead atoms. The SMILES string of the molecule is CCCCC(CC(C)(C)C(C)(C)C(C)C)c1ccc(B2OC(C)(C)C(C)(C)O2)cn1. The second-order valence-corrected chi connectivity index (χ2v) is 11.9. The molecule has 1 aliphatic heterocycles. The van der Waals surface area contributed by atoms with Crippen molar-refractivity contribution in [2.45, 2.75) is 119 Å². The van der Waals surface area contributed by atoms with Crippen LogP contribution < -0.4 is 5.46 Å². The van der Waals surface area contributed by atoms with Crippen molar-refractivity contribution in [2.75, 3.05) is 0 Å². The van der Waals surface area contributed by atoms with E-state index in [9.17, 15) is 0 Å². The van der Waals surface area contributed by atoms with Crippen molar-refractivity contribution in [1.82, 2.24) is 4.98 Å². The maximum Gasteiger partial charge on any atom is 0.496 e. The number of rotatable bonds is 9. The molecule has 0 amide bonds. The largest absolute Gasteiger partial charge is 0.496 e. The van der Waals surface area contributed by atoms with E-state index < -0.39 is 0 Å². The Morgan fingerprint density at radius 3 is 2.00 bits per heavy atom. The normalized spacial score (nSPS) is 20.1. The van der Waals surface area contributed by atoms with Gasteiger partial charge in [-0.3, -0.25) is 4.98 Å². The van der Waals surface area contributed by atoms with Gasteiger partial charge in [0.1, 0.15) is 0 Å². The summed E-state index contributed by atoms with van der Waals surface area (Å²) in [5, 5.41) is 0. The van der Waals surface area contributed by atoms with Crippen LogP contribution in [-0.2, 0) is 9.31 Å². The molecule has 1 aromatic rings. The molecule has 1 aromatic heterocycles. The Bertz CT molecular complexity index is 675. The molecule has 0 aliphatic carbocycles. The van der Waals surface area contributed by atoms with Crippen molar-refractivity contribution in [1.29, 1.82) is 0 Å². The minimum atomic E-state index is -0.345. The maximum absolute atomic E-state index is 6.20. The number of pyridine rings is 1. The molecule has 2 heterocycles. The lowest BCUT2D eigenvalue weighted by Gasteiger charge is -2.46. The number of aromatic nitrogens is 1. The van der Waals surface area contributed by atoms with Crippen molar-refractivity contribution in [2.24, 2.45) is 16.7 Å². The molecule has 0 N–H and O–H groups in total. The van der Waals surface area contributed by atoms with Crippen LogP contribution in [0.2, 0.25) is 0 Å². The summed E-state index contributed by atoms with van der Waals surface area (Å²) in [6.07, 6.45) is 6.77. The summed E-state index contributed by atoms with van der Waals surface area (Å²) in [6.45, 7) is 25.0. The number of hydrogen-bond acceptors (Lipinski definition) is 3. The van der Waals surface area contributed by atoms with Crippen molar-refractivity contribution in [3.8, 4) is 0 Å². The van der Waals surface area contributed by atoms with Gasteiger partial charge < -0.3 is 9.31 Å². The number of hydrogen-bond donors (Lipinski definition) is 0. The highest BCUT2D eigenvalue weighted by molar-refractivity contribution is 6.62. The third kappa shape index (κ3) is 5.13. The van der Waals surface area contributed by atoms with E-state index in [2.05, 4.69) is 88.3 Å². The molecule has 30 heavy (non-hydrogen) atoms. The first-order chi connectivity index (χ1) is 13.6. The topological polar surface area (TPSA) is 31.4 Å². The highest BCUT2D eigenvalue weighted by Crippen LogP contribution is 2.50. The summed E-state index contributed by atoms with van der Waals surface area (Å²) < 4.78 is 12.4. The average molecular weight is 415 g/mol. The molecule has 170 valence electrons. The molecule has 1 fully saturated rings. The molecule has 0 saturated carbocycles. The van der Waals surface area contributed by atoms with E-state index in [0.717, 1.165) is 11.9 Å². The molecule has 1 unspecified atom stereocenters. The van der Waals surface area contributed by atoms with E-state index in [0.29, 0.717) is 11.8 Å². The first-order valence-electron chi connectivity index (χ1n) is 12.0. The number of nitrogens with zero attached hydrogens (tertiary/aromatic N) is 1. The molecule has 0 spiro atoms. The van der Waals surface area contributed by atoms with Gasteiger partial charge in [0.2, 0.25) is 0 Å². The average Bonchev–Trinajstić information content (AvgIpc) is 2.86. The lowest BCUT2D eigenvalue weighted by molar-refractivity contribution is 0.00578. The van der Waals surface area contributed by atoms with Crippen LogP contribution in [0.4, 0.5) is 0 Å².